The van der Waals surface area contributed by atoms with Crippen molar-refractivity contribution < 1.29 is 24.2 Å². The molecule has 1 fully saturated rings. The quantitative estimate of drug-likeness (QED) is 0.787. The summed E-state index contributed by atoms with van der Waals surface area (Å²) in [6.07, 6.45) is 1.29. The number of amides is 2. The average Bonchev–Trinajstić information content (AvgIpc) is 2.44. The van der Waals surface area contributed by atoms with E-state index in [1.165, 1.54) is 0 Å². The van der Waals surface area contributed by atoms with Gasteiger partial charge in [-0.15, -0.1) is 0 Å². The number of anilines is 2. The Bertz CT molecular complexity index is 681. The third kappa shape index (κ3) is 2.86. The fourth-order valence-electron chi connectivity index (χ4n) is 2.87. The molecule has 1 aromatic carbocycles. The molecule has 0 bridgehead atoms. The molecule has 1 aliphatic heterocycles. The highest BCUT2D eigenvalue weighted by atomic mass is 16.5. The van der Waals surface area contributed by atoms with Gasteiger partial charge in [-0.3, -0.25) is 14.4 Å². The van der Waals surface area contributed by atoms with E-state index in [-0.39, 0.29) is 18.2 Å². The van der Waals surface area contributed by atoms with E-state index >= 15 is 0 Å². The van der Waals surface area contributed by atoms with Crippen LogP contribution in [-0.2, 0) is 14.4 Å². The molecule has 2 amide bonds. The van der Waals surface area contributed by atoms with Gasteiger partial charge in [0.25, 0.3) is 5.91 Å². The molecular weight excluding hydrogens is 300 g/mol. The third-order valence-corrected chi connectivity index (χ3v) is 4.46. The number of hydrogen-bond acceptors (Lipinski definition) is 4. The molecule has 0 spiro atoms. The molecule has 3 rings (SSSR count). The van der Waals surface area contributed by atoms with Gasteiger partial charge < -0.3 is 20.5 Å². The van der Waals surface area contributed by atoms with Gasteiger partial charge >= 0.3 is 5.97 Å². The van der Waals surface area contributed by atoms with Crippen molar-refractivity contribution in [2.45, 2.75) is 38.7 Å². The van der Waals surface area contributed by atoms with Crippen molar-refractivity contribution in [3.63, 3.8) is 0 Å². The Morgan fingerprint density at radius 3 is 2.78 bits per heavy atom. The Kier molecular flexibility index (Phi) is 3.71. The summed E-state index contributed by atoms with van der Waals surface area (Å²) in [7, 11) is 0. The summed E-state index contributed by atoms with van der Waals surface area (Å²) in [4.78, 5) is 35.0. The molecule has 7 nitrogen and oxygen atoms in total. The third-order valence-electron chi connectivity index (χ3n) is 4.46. The Labute approximate surface area is 133 Å². The van der Waals surface area contributed by atoms with E-state index in [0.29, 0.717) is 30.0 Å². The summed E-state index contributed by atoms with van der Waals surface area (Å²) in [6, 6.07) is 4.93. The summed E-state index contributed by atoms with van der Waals surface area (Å²) >= 11 is 0. The van der Waals surface area contributed by atoms with Gasteiger partial charge in [0.2, 0.25) is 5.91 Å². The summed E-state index contributed by atoms with van der Waals surface area (Å²) in [5.41, 5.74) is 0.0555. The van der Waals surface area contributed by atoms with Crippen LogP contribution in [0.5, 0.6) is 5.75 Å². The fourth-order valence-corrected chi connectivity index (χ4v) is 2.87. The predicted octanol–water partition coefficient (Wildman–Crippen LogP) is 1.99. The lowest BCUT2D eigenvalue weighted by Gasteiger charge is -2.36. The topological polar surface area (TPSA) is 105 Å². The van der Waals surface area contributed by atoms with Gasteiger partial charge in [0.15, 0.2) is 6.10 Å². The van der Waals surface area contributed by atoms with Gasteiger partial charge in [-0.2, -0.15) is 0 Å². The minimum absolute atomic E-state index is 0.0423. The highest BCUT2D eigenvalue weighted by Gasteiger charge is 2.45. The van der Waals surface area contributed by atoms with Gasteiger partial charge in [-0.05, 0) is 38.0 Å². The SMILES string of the molecule is CC1Oc2ccc(NC(=O)CC3(C(=O)O)CCC3)cc2NC1=O. The lowest BCUT2D eigenvalue weighted by molar-refractivity contribution is -0.157. The van der Waals surface area contributed by atoms with Crippen LogP contribution in [-0.4, -0.2) is 29.0 Å². The number of carbonyl (C=O) groups is 3. The minimum atomic E-state index is -0.926. The lowest BCUT2D eigenvalue weighted by atomic mass is 9.66. The molecule has 1 saturated carbocycles. The van der Waals surface area contributed by atoms with Crippen LogP contribution >= 0.6 is 0 Å². The van der Waals surface area contributed by atoms with E-state index in [2.05, 4.69) is 10.6 Å². The zero-order valence-electron chi connectivity index (χ0n) is 12.7. The Hall–Kier alpha value is -2.57. The van der Waals surface area contributed by atoms with E-state index in [1.807, 2.05) is 0 Å². The lowest BCUT2D eigenvalue weighted by Crippen LogP contribution is -2.41. The first-order valence-corrected chi connectivity index (χ1v) is 7.54. The van der Waals surface area contributed by atoms with E-state index < -0.39 is 17.5 Å². The number of carboxylic acid groups (broad SMARTS) is 1. The molecule has 7 heteroatoms. The average molecular weight is 318 g/mol. The second-order valence-corrected chi connectivity index (χ2v) is 6.12. The van der Waals surface area contributed by atoms with Crippen molar-refractivity contribution in [2.24, 2.45) is 5.41 Å². The first-order valence-electron chi connectivity index (χ1n) is 7.54. The van der Waals surface area contributed by atoms with Gasteiger partial charge in [0, 0.05) is 12.1 Å². The number of aliphatic carboxylic acids is 1. The molecule has 1 aliphatic carbocycles. The maximum absolute atomic E-state index is 12.1. The maximum atomic E-state index is 12.1. The number of benzene rings is 1. The molecule has 0 radical (unpaired) electrons. The number of carboxylic acids is 1. The van der Waals surface area contributed by atoms with Crippen LogP contribution in [0.3, 0.4) is 0 Å². The van der Waals surface area contributed by atoms with Crippen LogP contribution < -0.4 is 15.4 Å². The maximum Gasteiger partial charge on any atom is 0.310 e. The van der Waals surface area contributed by atoms with Gasteiger partial charge in [-0.1, -0.05) is 6.42 Å². The number of rotatable bonds is 4. The van der Waals surface area contributed by atoms with Crippen molar-refractivity contribution in [2.75, 3.05) is 10.6 Å². The van der Waals surface area contributed by atoms with Gasteiger partial charge in [-0.25, -0.2) is 0 Å². The molecule has 0 saturated heterocycles. The zero-order valence-corrected chi connectivity index (χ0v) is 12.7. The largest absolute Gasteiger partial charge is 0.481 e. The van der Waals surface area contributed by atoms with Crippen molar-refractivity contribution in [1.29, 1.82) is 0 Å². The molecule has 3 N–H and O–H groups in total. The number of nitrogens with one attached hydrogen (secondary N) is 2. The fraction of sp³-hybridized carbons (Fsp3) is 0.438. The van der Waals surface area contributed by atoms with Crippen molar-refractivity contribution in [3.8, 4) is 5.75 Å². The van der Waals surface area contributed by atoms with Crippen molar-refractivity contribution >= 4 is 29.2 Å². The highest BCUT2D eigenvalue weighted by molar-refractivity contribution is 5.99. The molecule has 1 aromatic rings. The summed E-state index contributed by atoms with van der Waals surface area (Å²) in [6.45, 7) is 1.65. The number of carbonyl (C=O) groups excluding carboxylic acids is 2. The van der Waals surface area contributed by atoms with Crippen LogP contribution in [0.2, 0.25) is 0 Å². The number of hydrogen-bond donors (Lipinski definition) is 3. The first-order chi connectivity index (χ1) is 10.9. The zero-order chi connectivity index (χ0) is 16.6. The Balaban J connectivity index is 1.69. The van der Waals surface area contributed by atoms with E-state index in [0.717, 1.165) is 6.42 Å². The molecule has 1 heterocycles. The summed E-state index contributed by atoms with van der Waals surface area (Å²) in [5, 5.41) is 14.7. The standard InChI is InChI=1S/C16H18N2O5/c1-9-14(20)18-11-7-10(3-4-12(11)23-9)17-13(19)8-16(15(21)22)5-2-6-16/h3-4,7,9H,2,5-6,8H2,1H3,(H,17,19)(H,18,20)(H,21,22). The second kappa shape index (κ2) is 5.57. The predicted molar refractivity (Wildman–Crippen MR) is 82.3 cm³/mol. The molecule has 0 aromatic heterocycles. The smallest absolute Gasteiger partial charge is 0.310 e. The molecule has 1 unspecified atom stereocenters. The van der Waals surface area contributed by atoms with Gasteiger partial charge in [0.05, 0.1) is 11.1 Å². The molecule has 23 heavy (non-hydrogen) atoms. The summed E-state index contributed by atoms with van der Waals surface area (Å²) < 4.78 is 5.44. The van der Waals surface area contributed by atoms with Crippen LogP contribution in [0.4, 0.5) is 11.4 Å². The van der Waals surface area contributed by atoms with Crippen molar-refractivity contribution in [3.05, 3.63) is 18.2 Å². The molecule has 1 atom stereocenters. The molecular formula is C16H18N2O5. The second-order valence-electron chi connectivity index (χ2n) is 6.12. The van der Waals surface area contributed by atoms with Crippen LogP contribution in [0.1, 0.15) is 32.6 Å². The Morgan fingerprint density at radius 1 is 1.43 bits per heavy atom. The van der Waals surface area contributed by atoms with Crippen LogP contribution in [0.25, 0.3) is 0 Å². The van der Waals surface area contributed by atoms with E-state index in [4.69, 9.17) is 4.74 Å². The summed E-state index contributed by atoms with van der Waals surface area (Å²) in [5.74, 6) is -0.973. The molecule has 2 aliphatic rings. The number of ether oxygens (including phenoxy) is 1. The number of fused-ring (bicyclic) bond motifs is 1. The van der Waals surface area contributed by atoms with Crippen LogP contribution in [0, 0.1) is 5.41 Å². The first kappa shape index (κ1) is 15.3. The van der Waals surface area contributed by atoms with E-state index in [1.54, 1.807) is 25.1 Å². The Morgan fingerprint density at radius 2 is 2.17 bits per heavy atom. The molecule has 122 valence electrons. The minimum Gasteiger partial charge on any atom is -0.481 e. The highest BCUT2D eigenvalue weighted by Crippen LogP contribution is 2.44. The van der Waals surface area contributed by atoms with E-state index in [9.17, 15) is 19.5 Å². The van der Waals surface area contributed by atoms with Crippen molar-refractivity contribution in [1.82, 2.24) is 0 Å². The van der Waals surface area contributed by atoms with Crippen LogP contribution in [0.15, 0.2) is 18.2 Å². The van der Waals surface area contributed by atoms with Gasteiger partial charge in [0.1, 0.15) is 5.75 Å². The normalized spacial score (nSPS) is 21.3. The monoisotopic (exact) mass is 318 g/mol.